The molecule has 0 aliphatic heterocycles. The van der Waals surface area contributed by atoms with Crippen LogP contribution in [0.15, 0.2) is 23.1 Å². The van der Waals surface area contributed by atoms with Crippen molar-refractivity contribution in [2.45, 2.75) is 17.9 Å². The number of nitrogens with one attached hydrogen (secondary N) is 1. The zero-order chi connectivity index (χ0) is 13.8. The van der Waals surface area contributed by atoms with Crippen LogP contribution < -0.4 is 9.46 Å². The maximum absolute atomic E-state index is 12.0. The summed E-state index contributed by atoms with van der Waals surface area (Å²) in [4.78, 5) is 0.0938. The van der Waals surface area contributed by atoms with E-state index in [1.807, 2.05) is 0 Å². The topological polar surface area (TPSA) is 64.6 Å². The molecule has 18 heavy (non-hydrogen) atoms. The molecule has 1 N–H and O–H groups in total. The molecule has 0 unspecified atom stereocenters. The van der Waals surface area contributed by atoms with Gasteiger partial charge in [-0.05, 0) is 25.1 Å². The fourth-order valence-electron chi connectivity index (χ4n) is 1.43. The Balaban J connectivity index is 2.95. The Kier molecular flexibility index (Phi) is 5.40. The lowest BCUT2D eigenvalue weighted by Gasteiger charge is -2.13. The second-order valence-corrected chi connectivity index (χ2v) is 5.90. The Morgan fingerprint density at radius 3 is 2.56 bits per heavy atom. The highest BCUT2D eigenvalue weighted by Crippen LogP contribution is 2.26. The third-order valence-electron chi connectivity index (χ3n) is 2.21. The summed E-state index contributed by atoms with van der Waals surface area (Å²) in [5.74, 6) is 0.431. The average molecular weight is 294 g/mol. The van der Waals surface area contributed by atoms with E-state index < -0.39 is 10.0 Å². The molecule has 1 aromatic carbocycles. The zero-order valence-corrected chi connectivity index (χ0v) is 12.0. The van der Waals surface area contributed by atoms with Crippen molar-refractivity contribution >= 4 is 21.6 Å². The van der Waals surface area contributed by atoms with Crippen molar-refractivity contribution in [2.24, 2.45) is 0 Å². The van der Waals surface area contributed by atoms with Gasteiger partial charge in [0.05, 0.1) is 23.6 Å². The molecule has 0 heterocycles. The van der Waals surface area contributed by atoms with Gasteiger partial charge in [-0.3, -0.25) is 0 Å². The lowest BCUT2D eigenvalue weighted by Crippen LogP contribution is -2.35. The van der Waals surface area contributed by atoms with Crippen molar-refractivity contribution in [2.75, 3.05) is 20.8 Å². The molecule has 0 aliphatic carbocycles. The van der Waals surface area contributed by atoms with Crippen LogP contribution in [0.1, 0.15) is 6.92 Å². The van der Waals surface area contributed by atoms with Gasteiger partial charge in [0.1, 0.15) is 5.75 Å². The molecular weight excluding hydrogens is 278 g/mol. The second-order valence-electron chi connectivity index (χ2n) is 3.77. The molecule has 0 spiro atoms. The highest BCUT2D eigenvalue weighted by molar-refractivity contribution is 7.89. The standard InChI is InChI=1S/C11H16ClNO4S/c1-8(7-16-2)13-18(14,15)9-4-5-11(17-3)10(12)6-9/h4-6,8,13H,7H2,1-3H3/t8-/m0/s1. The van der Waals surface area contributed by atoms with E-state index >= 15 is 0 Å². The van der Waals surface area contributed by atoms with Gasteiger partial charge < -0.3 is 9.47 Å². The number of rotatable bonds is 6. The SMILES string of the molecule is COC[C@H](C)NS(=O)(=O)c1ccc(OC)c(Cl)c1. The predicted molar refractivity (Wildman–Crippen MR) is 69.7 cm³/mol. The number of benzene rings is 1. The first-order valence-corrected chi connectivity index (χ1v) is 7.11. The monoisotopic (exact) mass is 293 g/mol. The maximum atomic E-state index is 12.0. The average Bonchev–Trinajstić information content (AvgIpc) is 2.28. The fraction of sp³-hybridized carbons (Fsp3) is 0.455. The van der Waals surface area contributed by atoms with E-state index in [9.17, 15) is 8.42 Å². The van der Waals surface area contributed by atoms with Crippen molar-refractivity contribution in [1.29, 1.82) is 0 Å². The van der Waals surface area contributed by atoms with Gasteiger partial charge in [0.2, 0.25) is 10.0 Å². The molecule has 1 rings (SSSR count). The Bertz CT molecular complexity index is 504. The summed E-state index contributed by atoms with van der Waals surface area (Å²) in [5.41, 5.74) is 0. The van der Waals surface area contributed by atoms with Crippen molar-refractivity contribution in [3.8, 4) is 5.75 Å². The quantitative estimate of drug-likeness (QED) is 0.866. The second kappa shape index (κ2) is 6.38. The molecule has 0 saturated heterocycles. The Labute approximate surface area is 112 Å². The molecule has 0 bridgehead atoms. The Morgan fingerprint density at radius 2 is 2.06 bits per heavy atom. The van der Waals surface area contributed by atoms with E-state index in [2.05, 4.69) is 4.72 Å². The Hall–Kier alpha value is -0.820. The van der Waals surface area contributed by atoms with E-state index in [0.29, 0.717) is 12.4 Å². The van der Waals surface area contributed by atoms with Gasteiger partial charge in [0.25, 0.3) is 0 Å². The van der Waals surface area contributed by atoms with Crippen LogP contribution in [-0.4, -0.2) is 35.3 Å². The van der Waals surface area contributed by atoms with Crippen molar-refractivity contribution in [3.05, 3.63) is 23.2 Å². The summed E-state index contributed by atoms with van der Waals surface area (Å²) in [6.45, 7) is 2.01. The highest BCUT2D eigenvalue weighted by atomic mass is 35.5. The van der Waals surface area contributed by atoms with Gasteiger partial charge >= 0.3 is 0 Å². The predicted octanol–water partition coefficient (Wildman–Crippen LogP) is 1.66. The molecule has 0 fully saturated rings. The molecule has 7 heteroatoms. The maximum Gasteiger partial charge on any atom is 0.240 e. The van der Waals surface area contributed by atoms with E-state index in [-0.39, 0.29) is 16.0 Å². The van der Waals surface area contributed by atoms with Crippen LogP contribution in [0.4, 0.5) is 0 Å². The number of methoxy groups -OCH3 is 2. The number of hydrogen-bond donors (Lipinski definition) is 1. The first-order valence-electron chi connectivity index (χ1n) is 5.25. The first kappa shape index (κ1) is 15.2. The minimum Gasteiger partial charge on any atom is -0.495 e. The van der Waals surface area contributed by atoms with Crippen LogP contribution in [0, 0.1) is 0 Å². The van der Waals surface area contributed by atoms with Crippen LogP contribution in [0.25, 0.3) is 0 Å². The van der Waals surface area contributed by atoms with E-state index in [0.717, 1.165) is 0 Å². The minimum absolute atomic E-state index is 0.0938. The number of sulfonamides is 1. The summed E-state index contributed by atoms with van der Waals surface area (Å²) >= 11 is 5.89. The minimum atomic E-state index is -3.60. The largest absolute Gasteiger partial charge is 0.495 e. The molecule has 0 radical (unpaired) electrons. The number of ether oxygens (including phenoxy) is 2. The fourth-order valence-corrected chi connectivity index (χ4v) is 3.01. The molecule has 0 aromatic heterocycles. The summed E-state index contributed by atoms with van der Waals surface area (Å²) in [6, 6.07) is 3.98. The summed E-state index contributed by atoms with van der Waals surface area (Å²) < 4.78 is 36.3. The van der Waals surface area contributed by atoms with E-state index in [1.165, 1.54) is 32.4 Å². The lowest BCUT2D eigenvalue weighted by atomic mass is 10.3. The first-order chi connectivity index (χ1) is 8.40. The zero-order valence-electron chi connectivity index (χ0n) is 10.4. The third kappa shape index (κ3) is 3.84. The molecule has 1 aromatic rings. The van der Waals surface area contributed by atoms with Gasteiger partial charge in [0, 0.05) is 13.2 Å². The molecule has 102 valence electrons. The number of hydrogen-bond acceptors (Lipinski definition) is 4. The van der Waals surface area contributed by atoms with Gasteiger partial charge in [0.15, 0.2) is 0 Å². The summed E-state index contributed by atoms with van der Waals surface area (Å²) in [7, 11) is -0.624. The van der Waals surface area contributed by atoms with Crippen LogP contribution in [0.5, 0.6) is 5.75 Å². The van der Waals surface area contributed by atoms with E-state index in [1.54, 1.807) is 6.92 Å². The molecule has 0 saturated carbocycles. The van der Waals surface area contributed by atoms with Crippen molar-refractivity contribution in [1.82, 2.24) is 4.72 Å². The van der Waals surface area contributed by atoms with Crippen LogP contribution in [-0.2, 0) is 14.8 Å². The molecule has 0 amide bonds. The Morgan fingerprint density at radius 1 is 1.39 bits per heavy atom. The number of halogens is 1. The molecule has 0 aliphatic rings. The van der Waals surface area contributed by atoms with Gasteiger partial charge in [-0.25, -0.2) is 13.1 Å². The highest BCUT2D eigenvalue weighted by Gasteiger charge is 2.18. The third-order valence-corrected chi connectivity index (χ3v) is 4.09. The van der Waals surface area contributed by atoms with Crippen molar-refractivity contribution in [3.63, 3.8) is 0 Å². The van der Waals surface area contributed by atoms with Gasteiger partial charge in [-0.1, -0.05) is 11.6 Å². The summed E-state index contributed by atoms with van der Waals surface area (Å²) in [6.07, 6.45) is 0. The van der Waals surface area contributed by atoms with Gasteiger partial charge in [-0.2, -0.15) is 0 Å². The smallest absolute Gasteiger partial charge is 0.240 e. The lowest BCUT2D eigenvalue weighted by molar-refractivity contribution is 0.180. The normalized spacial score (nSPS) is 13.3. The molecular formula is C11H16ClNO4S. The van der Waals surface area contributed by atoms with E-state index in [4.69, 9.17) is 21.1 Å². The van der Waals surface area contributed by atoms with Crippen LogP contribution in [0.2, 0.25) is 5.02 Å². The van der Waals surface area contributed by atoms with Crippen molar-refractivity contribution < 1.29 is 17.9 Å². The van der Waals surface area contributed by atoms with Crippen LogP contribution in [0.3, 0.4) is 0 Å². The molecule has 1 atom stereocenters. The van der Waals surface area contributed by atoms with Gasteiger partial charge in [-0.15, -0.1) is 0 Å². The van der Waals surface area contributed by atoms with Crippen LogP contribution >= 0.6 is 11.6 Å². The molecule has 5 nitrogen and oxygen atoms in total. The summed E-state index contributed by atoms with van der Waals surface area (Å²) in [5, 5.41) is 0.250.